The summed E-state index contributed by atoms with van der Waals surface area (Å²) in [5.74, 6) is 0. The van der Waals surface area contributed by atoms with E-state index in [4.69, 9.17) is 4.43 Å². The minimum Gasteiger partial charge on any atom is -0.465 e. The fourth-order valence-electron chi connectivity index (χ4n) is 3.24. The van der Waals surface area contributed by atoms with Crippen molar-refractivity contribution >= 4 is 14.4 Å². The molecule has 2 atom stereocenters. The quantitative estimate of drug-likeness (QED) is 0.703. The summed E-state index contributed by atoms with van der Waals surface area (Å²) in [5.41, 5.74) is 1.04. The Morgan fingerprint density at radius 2 is 1.88 bits per heavy atom. The fourth-order valence-corrected chi connectivity index (χ4v) is 4.64. The van der Waals surface area contributed by atoms with Gasteiger partial charge in [0, 0.05) is 18.7 Å². The zero-order valence-electron chi connectivity index (χ0n) is 16.3. The van der Waals surface area contributed by atoms with Gasteiger partial charge in [0.1, 0.15) is 0 Å². The second-order valence-electron chi connectivity index (χ2n) is 8.72. The van der Waals surface area contributed by atoms with Crippen LogP contribution >= 0.6 is 0 Å². The van der Waals surface area contributed by atoms with Crippen molar-refractivity contribution in [2.24, 2.45) is 0 Å². The molecule has 1 N–H and O–H groups in total. The Bertz CT molecular complexity index is 568. The number of rotatable bonds is 5. The minimum atomic E-state index is -1.82. The number of hydrogen-bond donors (Lipinski definition) is 1. The molecule has 1 aromatic carbocycles. The molecular weight excluding hydrogens is 330 g/mol. The van der Waals surface area contributed by atoms with E-state index in [1.807, 2.05) is 30.3 Å². The second kappa shape index (κ2) is 7.91. The molecule has 0 bridgehead atoms. The molecule has 0 spiro atoms. The summed E-state index contributed by atoms with van der Waals surface area (Å²) >= 11 is 0. The molecule has 1 aromatic rings. The highest BCUT2D eigenvalue weighted by Gasteiger charge is 2.41. The summed E-state index contributed by atoms with van der Waals surface area (Å²) in [4.78, 5) is 13.5. The number of carbonyl (C=O) groups is 1. The first kappa shape index (κ1) is 20.0. The maximum absolute atomic E-state index is 11.8. The summed E-state index contributed by atoms with van der Waals surface area (Å²) < 4.78 is 6.57. The largest absolute Gasteiger partial charge is 0.465 e. The lowest BCUT2D eigenvalue weighted by molar-refractivity contribution is 0.0615. The van der Waals surface area contributed by atoms with Gasteiger partial charge in [-0.25, -0.2) is 4.79 Å². The smallest absolute Gasteiger partial charge is 0.407 e. The number of benzene rings is 1. The average molecular weight is 364 g/mol. The van der Waals surface area contributed by atoms with E-state index >= 15 is 0 Å². The Balaban J connectivity index is 2.06. The van der Waals surface area contributed by atoms with Crippen molar-refractivity contribution in [2.45, 2.75) is 83.3 Å². The first-order chi connectivity index (χ1) is 11.6. The molecule has 2 rings (SSSR count). The van der Waals surface area contributed by atoms with E-state index in [1.165, 1.54) is 0 Å². The van der Waals surface area contributed by atoms with E-state index in [0.29, 0.717) is 6.54 Å². The summed E-state index contributed by atoms with van der Waals surface area (Å²) in [5, 5.41) is 9.91. The van der Waals surface area contributed by atoms with Gasteiger partial charge in [-0.1, -0.05) is 51.1 Å². The van der Waals surface area contributed by atoms with E-state index in [-0.39, 0.29) is 17.2 Å². The van der Waals surface area contributed by atoms with Crippen LogP contribution in [-0.4, -0.2) is 36.6 Å². The average Bonchev–Trinajstić information content (AvgIpc) is 2.52. The van der Waals surface area contributed by atoms with Crippen LogP contribution in [0.3, 0.4) is 0 Å². The predicted octanol–water partition coefficient (Wildman–Crippen LogP) is 5.50. The zero-order valence-corrected chi connectivity index (χ0v) is 17.3. The van der Waals surface area contributed by atoms with Crippen molar-refractivity contribution in [1.82, 2.24) is 4.90 Å². The van der Waals surface area contributed by atoms with Gasteiger partial charge in [0.2, 0.25) is 0 Å². The molecule has 0 aromatic heterocycles. The van der Waals surface area contributed by atoms with Gasteiger partial charge in [0.15, 0.2) is 8.32 Å². The Morgan fingerprint density at radius 1 is 1.24 bits per heavy atom. The van der Waals surface area contributed by atoms with E-state index in [0.717, 1.165) is 31.2 Å². The van der Waals surface area contributed by atoms with E-state index in [9.17, 15) is 9.90 Å². The fraction of sp³-hybridized carbons (Fsp3) is 0.650. The molecular formula is C20H33NO3Si. The highest BCUT2D eigenvalue weighted by Crippen LogP contribution is 2.39. The van der Waals surface area contributed by atoms with Gasteiger partial charge >= 0.3 is 6.09 Å². The molecule has 0 saturated heterocycles. The van der Waals surface area contributed by atoms with E-state index in [1.54, 1.807) is 4.90 Å². The normalized spacial score (nSPS) is 21.8. The summed E-state index contributed by atoms with van der Waals surface area (Å²) in [7, 11) is -1.82. The molecule has 1 amide bonds. The monoisotopic (exact) mass is 363 g/mol. The molecule has 1 saturated carbocycles. The molecule has 0 aliphatic heterocycles. The van der Waals surface area contributed by atoms with Gasteiger partial charge in [-0.3, -0.25) is 0 Å². The first-order valence-corrected chi connectivity index (χ1v) is 12.2. The van der Waals surface area contributed by atoms with Crippen molar-refractivity contribution in [1.29, 1.82) is 0 Å². The molecule has 5 heteroatoms. The van der Waals surface area contributed by atoms with Crippen LogP contribution < -0.4 is 0 Å². The van der Waals surface area contributed by atoms with Crippen LogP contribution in [0.1, 0.15) is 52.0 Å². The standard InChI is InChI=1S/C20H33NO3Si/c1-20(2,3)25(4,5)24-18-13-9-12-17(14-18)21(19(22)23)15-16-10-7-6-8-11-16/h6-8,10-11,17-18H,9,12-15H2,1-5H3,(H,22,23)/t17-,18+/m0/s1. The highest BCUT2D eigenvalue weighted by molar-refractivity contribution is 6.74. The number of hydrogen-bond acceptors (Lipinski definition) is 2. The second-order valence-corrected chi connectivity index (χ2v) is 13.5. The molecule has 0 unspecified atom stereocenters. The maximum atomic E-state index is 11.8. The lowest BCUT2D eigenvalue weighted by Gasteiger charge is -2.43. The van der Waals surface area contributed by atoms with Crippen LogP contribution in [0, 0.1) is 0 Å². The van der Waals surface area contributed by atoms with Gasteiger partial charge in [0.25, 0.3) is 0 Å². The topological polar surface area (TPSA) is 49.8 Å². The molecule has 0 heterocycles. The molecule has 25 heavy (non-hydrogen) atoms. The Hall–Kier alpha value is -1.33. The van der Waals surface area contributed by atoms with Crippen LogP contribution in [-0.2, 0) is 11.0 Å². The Morgan fingerprint density at radius 3 is 2.44 bits per heavy atom. The molecule has 0 radical (unpaired) electrons. The van der Waals surface area contributed by atoms with Crippen LogP contribution in [0.4, 0.5) is 4.79 Å². The van der Waals surface area contributed by atoms with Gasteiger partial charge in [-0.2, -0.15) is 0 Å². The third kappa shape index (κ3) is 5.32. The van der Waals surface area contributed by atoms with Gasteiger partial charge in [-0.05, 0) is 49.4 Å². The molecule has 1 aliphatic carbocycles. The molecule has 4 nitrogen and oxygen atoms in total. The third-order valence-corrected chi connectivity index (χ3v) is 10.3. The molecule has 1 fully saturated rings. The van der Waals surface area contributed by atoms with Crippen molar-refractivity contribution in [3.05, 3.63) is 35.9 Å². The lowest BCUT2D eigenvalue weighted by atomic mass is 9.92. The van der Waals surface area contributed by atoms with Crippen LogP contribution in [0.15, 0.2) is 30.3 Å². The number of amides is 1. The maximum Gasteiger partial charge on any atom is 0.407 e. The summed E-state index contributed by atoms with van der Waals surface area (Å²) in [6.45, 7) is 11.7. The van der Waals surface area contributed by atoms with Crippen molar-refractivity contribution in [2.75, 3.05) is 0 Å². The minimum absolute atomic E-state index is 0.0428. The lowest BCUT2D eigenvalue weighted by Crippen LogP contribution is -2.48. The van der Waals surface area contributed by atoms with Gasteiger partial charge in [0.05, 0.1) is 0 Å². The Kier molecular flexibility index (Phi) is 6.33. The van der Waals surface area contributed by atoms with E-state index < -0.39 is 14.4 Å². The van der Waals surface area contributed by atoms with Crippen LogP contribution in [0.25, 0.3) is 0 Å². The van der Waals surface area contributed by atoms with E-state index in [2.05, 4.69) is 33.9 Å². The number of nitrogens with zero attached hydrogens (tertiary/aromatic N) is 1. The summed E-state index contributed by atoms with van der Waals surface area (Å²) in [6.07, 6.45) is 3.16. The molecule has 140 valence electrons. The van der Waals surface area contributed by atoms with Crippen LogP contribution in [0.5, 0.6) is 0 Å². The highest BCUT2D eigenvalue weighted by atomic mass is 28.4. The van der Waals surface area contributed by atoms with Crippen LogP contribution in [0.2, 0.25) is 18.1 Å². The van der Waals surface area contributed by atoms with Gasteiger partial charge in [-0.15, -0.1) is 0 Å². The van der Waals surface area contributed by atoms with Crippen molar-refractivity contribution < 1.29 is 14.3 Å². The summed E-state index contributed by atoms with van der Waals surface area (Å²) in [6, 6.07) is 9.89. The zero-order chi connectivity index (χ0) is 18.7. The predicted molar refractivity (Wildman–Crippen MR) is 104 cm³/mol. The Labute approximate surface area is 153 Å². The third-order valence-electron chi connectivity index (χ3n) is 5.75. The molecule has 1 aliphatic rings. The van der Waals surface area contributed by atoms with Crippen molar-refractivity contribution in [3.63, 3.8) is 0 Å². The first-order valence-electron chi connectivity index (χ1n) is 9.31. The number of carboxylic acid groups (broad SMARTS) is 1. The van der Waals surface area contributed by atoms with Gasteiger partial charge < -0.3 is 14.4 Å². The van der Waals surface area contributed by atoms with Crippen molar-refractivity contribution in [3.8, 4) is 0 Å². The SMILES string of the molecule is CC(C)(C)[Si](C)(C)O[C@@H]1CCC[C@H](N(Cc2ccccc2)C(=O)O)C1.